The van der Waals surface area contributed by atoms with Crippen molar-refractivity contribution in [2.24, 2.45) is 5.73 Å². The van der Waals surface area contributed by atoms with Crippen LogP contribution >= 0.6 is 0 Å². The topological polar surface area (TPSA) is 38.0 Å². The molecule has 1 aliphatic rings. The number of benzene rings is 1. The normalized spacial score (nSPS) is 20.1. The van der Waals surface area contributed by atoms with Crippen molar-refractivity contribution >= 4 is 5.69 Å². The van der Waals surface area contributed by atoms with E-state index in [1.54, 1.807) is 0 Å². The molecule has 0 radical (unpaired) electrons. The molecule has 0 amide bonds. The van der Waals surface area contributed by atoms with Crippen molar-refractivity contribution in [3.8, 4) is 0 Å². The average molecular weight is 190 g/mol. The largest absolute Gasteiger partial charge is 0.385 e. The fraction of sp³-hybridized carbons (Fsp3) is 0.500. The quantitative estimate of drug-likeness (QED) is 0.712. The van der Waals surface area contributed by atoms with Crippen LogP contribution in [0.15, 0.2) is 12.1 Å². The number of hydrogen-bond donors (Lipinski definition) is 2. The van der Waals surface area contributed by atoms with Gasteiger partial charge in [-0.3, -0.25) is 0 Å². The molecule has 1 aliphatic heterocycles. The minimum absolute atomic E-state index is 0.548. The van der Waals surface area contributed by atoms with E-state index in [1.165, 1.54) is 22.4 Å². The van der Waals surface area contributed by atoms with Gasteiger partial charge in [0, 0.05) is 18.2 Å². The first kappa shape index (κ1) is 9.53. The summed E-state index contributed by atoms with van der Waals surface area (Å²) >= 11 is 0. The second-order valence-corrected chi connectivity index (χ2v) is 4.19. The van der Waals surface area contributed by atoms with Crippen LogP contribution in [-0.4, -0.2) is 13.1 Å². The smallest absolute Gasteiger partial charge is 0.0381 e. The zero-order chi connectivity index (χ0) is 10.1. The van der Waals surface area contributed by atoms with Crippen LogP contribution in [0.1, 0.15) is 29.0 Å². The van der Waals surface area contributed by atoms with E-state index in [0.29, 0.717) is 5.92 Å². The first-order chi connectivity index (χ1) is 6.72. The minimum Gasteiger partial charge on any atom is -0.385 e. The third kappa shape index (κ3) is 1.50. The molecule has 0 spiro atoms. The molecule has 0 aliphatic carbocycles. The number of nitrogens with two attached hydrogens (primary N) is 1. The highest BCUT2D eigenvalue weighted by Crippen LogP contribution is 2.34. The van der Waals surface area contributed by atoms with Crippen molar-refractivity contribution in [1.82, 2.24) is 0 Å². The number of rotatable bonds is 1. The van der Waals surface area contributed by atoms with E-state index < -0.39 is 0 Å². The summed E-state index contributed by atoms with van der Waals surface area (Å²) in [4.78, 5) is 0. The van der Waals surface area contributed by atoms with Crippen LogP contribution in [0.4, 0.5) is 5.69 Å². The maximum Gasteiger partial charge on any atom is 0.0381 e. The summed E-state index contributed by atoms with van der Waals surface area (Å²) < 4.78 is 0. The maximum atomic E-state index is 5.80. The lowest BCUT2D eigenvalue weighted by atomic mass is 9.87. The van der Waals surface area contributed by atoms with E-state index in [4.69, 9.17) is 5.73 Å². The first-order valence-corrected chi connectivity index (χ1v) is 5.27. The van der Waals surface area contributed by atoms with Crippen LogP contribution in [-0.2, 0) is 0 Å². The molecule has 1 heterocycles. The van der Waals surface area contributed by atoms with Gasteiger partial charge in [0.25, 0.3) is 0 Å². The molecular weight excluding hydrogens is 172 g/mol. The summed E-state index contributed by atoms with van der Waals surface area (Å²) in [6.07, 6.45) is 1.16. The molecule has 2 heteroatoms. The van der Waals surface area contributed by atoms with Crippen molar-refractivity contribution in [3.05, 3.63) is 28.8 Å². The van der Waals surface area contributed by atoms with E-state index in [2.05, 4.69) is 31.3 Å². The number of hydrogen-bond acceptors (Lipinski definition) is 2. The lowest BCUT2D eigenvalue weighted by Crippen LogP contribution is -2.23. The molecule has 14 heavy (non-hydrogen) atoms. The Labute approximate surface area is 85.5 Å². The van der Waals surface area contributed by atoms with Crippen molar-refractivity contribution in [2.75, 3.05) is 18.4 Å². The van der Waals surface area contributed by atoms with E-state index in [-0.39, 0.29) is 0 Å². The summed E-state index contributed by atoms with van der Waals surface area (Å²) in [5, 5.41) is 3.45. The third-order valence-corrected chi connectivity index (χ3v) is 3.03. The van der Waals surface area contributed by atoms with Crippen LogP contribution < -0.4 is 11.1 Å². The molecule has 1 aromatic rings. The van der Waals surface area contributed by atoms with Crippen molar-refractivity contribution in [1.29, 1.82) is 0 Å². The summed E-state index contributed by atoms with van der Waals surface area (Å²) in [5.41, 5.74) is 11.2. The molecule has 0 saturated heterocycles. The fourth-order valence-corrected chi connectivity index (χ4v) is 2.43. The molecule has 0 fully saturated rings. The monoisotopic (exact) mass is 190 g/mol. The lowest BCUT2D eigenvalue weighted by molar-refractivity contribution is 0.633. The SMILES string of the molecule is Cc1cc(C)c2c(c1)NCCC2CN. The number of aryl methyl sites for hydroxylation is 2. The molecule has 1 unspecified atom stereocenters. The van der Waals surface area contributed by atoms with Crippen LogP contribution in [0.3, 0.4) is 0 Å². The van der Waals surface area contributed by atoms with Gasteiger partial charge in [-0.1, -0.05) is 6.07 Å². The van der Waals surface area contributed by atoms with Gasteiger partial charge in [0.1, 0.15) is 0 Å². The second-order valence-electron chi connectivity index (χ2n) is 4.19. The molecule has 76 valence electrons. The maximum absolute atomic E-state index is 5.80. The van der Waals surface area contributed by atoms with Gasteiger partial charge in [-0.15, -0.1) is 0 Å². The standard InChI is InChI=1S/C12H18N2/c1-8-5-9(2)12-10(7-13)3-4-14-11(12)6-8/h5-6,10,14H,3-4,7,13H2,1-2H3. The van der Waals surface area contributed by atoms with Gasteiger partial charge in [-0.05, 0) is 49.6 Å². The van der Waals surface area contributed by atoms with Crippen molar-refractivity contribution < 1.29 is 0 Å². The Hall–Kier alpha value is -1.02. The predicted octanol–water partition coefficient (Wildman–Crippen LogP) is 2.16. The van der Waals surface area contributed by atoms with Crippen LogP contribution in [0, 0.1) is 13.8 Å². The molecule has 1 atom stereocenters. The fourth-order valence-electron chi connectivity index (χ4n) is 2.43. The number of fused-ring (bicyclic) bond motifs is 1. The van der Waals surface area contributed by atoms with E-state index in [9.17, 15) is 0 Å². The van der Waals surface area contributed by atoms with Gasteiger partial charge < -0.3 is 11.1 Å². The Morgan fingerprint density at radius 1 is 1.43 bits per heavy atom. The highest BCUT2D eigenvalue weighted by Gasteiger charge is 2.20. The van der Waals surface area contributed by atoms with Gasteiger partial charge >= 0.3 is 0 Å². The van der Waals surface area contributed by atoms with Crippen LogP contribution in [0.2, 0.25) is 0 Å². The van der Waals surface area contributed by atoms with E-state index >= 15 is 0 Å². The summed E-state index contributed by atoms with van der Waals surface area (Å²) in [6, 6.07) is 4.47. The van der Waals surface area contributed by atoms with Crippen molar-refractivity contribution in [3.63, 3.8) is 0 Å². The van der Waals surface area contributed by atoms with Crippen LogP contribution in [0.25, 0.3) is 0 Å². The van der Waals surface area contributed by atoms with Gasteiger partial charge in [0.15, 0.2) is 0 Å². The molecule has 2 nitrogen and oxygen atoms in total. The zero-order valence-corrected chi connectivity index (χ0v) is 8.93. The van der Waals surface area contributed by atoms with Crippen LogP contribution in [0.5, 0.6) is 0 Å². The Balaban J connectivity index is 2.51. The summed E-state index contributed by atoms with van der Waals surface area (Å²) in [5.74, 6) is 0.548. The van der Waals surface area contributed by atoms with Gasteiger partial charge in [-0.2, -0.15) is 0 Å². The van der Waals surface area contributed by atoms with E-state index in [1.807, 2.05) is 0 Å². The van der Waals surface area contributed by atoms with Gasteiger partial charge in [0.2, 0.25) is 0 Å². The van der Waals surface area contributed by atoms with Gasteiger partial charge in [0.05, 0.1) is 0 Å². The van der Waals surface area contributed by atoms with E-state index in [0.717, 1.165) is 19.5 Å². The Kier molecular flexibility index (Phi) is 2.46. The molecule has 1 aromatic carbocycles. The second kappa shape index (κ2) is 3.62. The molecule has 0 aromatic heterocycles. The highest BCUT2D eigenvalue weighted by atomic mass is 14.9. The summed E-state index contributed by atoms with van der Waals surface area (Å²) in [6.45, 7) is 6.14. The molecule has 0 bridgehead atoms. The molecule has 3 N–H and O–H groups in total. The average Bonchev–Trinajstić information content (AvgIpc) is 2.16. The Bertz CT molecular complexity index is 344. The van der Waals surface area contributed by atoms with Crippen molar-refractivity contribution in [2.45, 2.75) is 26.2 Å². The Morgan fingerprint density at radius 3 is 2.93 bits per heavy atom. The highest BCUT2D eigenvalue weighted by molar-refractivity contribution is 5.59. The predicted molar refractivity (Wildman–Crippen MR) is 60.8 cm³/mol. The third-order valence-electron chi connectivity index (χ3n) is 3.03. The lowest BCUT2D eigenvalue weighted by Gasteiger charge is -2.28. The molecular formula is C12H18N2. The molecule has 2 rings (SSSR count). The Morgan fingerprint density at radius 2 is 2.21 bits per heavy atom. The summed E-state index contributed by atoms with van der Waals surface area (Å²) in [7, 11) is 0. The van der Waals surface area contributed by atoms with Gasteiger partial charge in [-0.25, -0.2) is 0 Å². The first-order valence-electron chi connectivity index (χ1n) is 5.27. The number of anilines is 1. The number of nitrogens with one attached hydrogen (secondary N) is 1. The zero-order valence-electron chi connectivity index (χ0n) is 8.93. The minimum atomic E-state index is 0.548. The molecule has 0 saturated carbocycles.